The van der Waals surface area contributed by atoms with Crippen molar-refractivity contribution in [3.05, 3.63) is 33.8 Å². The highest BCUT2D eigenvalue weighted by Gasteiger charge is 2.16. The predicted molar refractivity (Wildman–Crippen MR) is 54.9 cm³/mol. The summed E-state index contributed by atoms with van der Waals surface area (Å²) in [4.78, 5) is 13.1. The topological polar surface area (TPSA) is 72.9 Å². The molecular formula is C7H4BrClN4O2. The molecule has 0 aliphatic rings. The first-order chi connectivity index (χ1) is 7.09. The van der Waals surface area contributed by atoms with Gasteiger partial charge in [-0.2, -0.15) is 5.10 Å². The Hall–Kier alpha value is -1.34. The molecule has 0 saturated carbocycles. The average molecular weight is 291 g/mol. The summed E-state index contributed by atoms with van der Waals surface area (Å²) >= 11 is 8.87. The van der Waals surface area contributed by atoms with Crippen molar-refractivity contribution >= 4 is 33.5 Å². The van der Waals surface area contributed by atoms with Crippen LogP contribution in [0.5, 0.6) is 0 Å². The number of aromatic carboxylic acids is 1. The van der Waals surface area contributed by atoms with Crippen LogP contribution < -0.4 is 0 Å². The maximum atomic E-state index is 10.9. The number of aromatic nitrogens is 4. The maximum absolute atomic E-state index is 10.9. The fraction of sp³-hybridized carbons (Fsp3) is 0. The fourth-order valence-corrected chi connectivity index (χ4v) is 1.59. The molecule has 2 aromatic heterocycles. The molecule has 0 bridgehead atoms. The fourth-order valence-electron chi connectivity index (χ4n) is 1.05. The van der Waals surface area contributed by atoms with E-state index in [0.717, 1.165) is 4.79 Å². The highest BCUT2D eigenvalue weighted by molar-refractivity contribution is 9.10. The summed E-state index contributed by atoms with van der Waals surface area (Å²) in [5.41, 5.74) is -0.0347. The molecule has 0 aliphatic carbocycles. The molecule has 0 unspecified atom stereocenters. The molecule has 0 spiro atoms. The van der Waals surface area contributed by atoms with Gasteiger partial charge in [0.2, 0.25) is 0 Å². The highest BCUT2D eigenvalue weighted by Crippen LogP contribution is 2.14. The smallest absolute Gasteiger partial charge is 0.356 e. The Morgan fingerprint density at radius 2 is 2.27 bits per heavy atom. The van der Waals surface area contributed by atoms with Gasteiger partial charge in [0.15, 0.2) is 10.8 Å². The molecular weight excluding hydrogens is 287 g/mol. The maximum Gasteiger partial charge on any atom is 0.356 e. The third kappa shape index (κ3) is 1.75. The van der Waals surface area contributed by atoms with Crippen molar-refractivity contribution in [1.29, 1.82) is 0 Å². The minimum absolute atomic E-state index is 0.0347. The molecule has 15 heavy (non-hydrogen) atoms. The molecule has 78 valence electrons. The van der Waals surface area contributed by atoms with Crippen LogP contribution in [-0.4, -0.2) is 30.9 Å². The summed E-state index contributed by atoms with van der Waals surface area (Å²) in [7, 11) is 0. The quantitative estimate of drug-likeness (QED) is 0.910. The molecule has 6 nitrogen and oxygen atoms in total. The van der Waals surface area contributed by atoms with Gasteiger partial charge in [-0.05, 0) is 22.0 Å². The van der Waals surface area contributed by atoms with E-state index in [1.165, 1.54) is 23.1 Å². The number of carboxylic acid groups (broad SMARTS) is 1. The molecule has 0 fully saturated rings. The van der Waals surface area contributed by atoms with Crippen molar-refractivity contribution in [3.8, 4) is 0 Å². The number of rotatable bonds is 2. The third-order valence-corrected chi connectivity index (χ3v) is 2.30. The second-order valence-electron chi connectivity index (χ2n) is 2.59. The van der Waals surface area contributed by atoms with E-state index in [2.05, 4.69) is 26.1 Å². The van der Waals surface area contributed by atoms with E-state index in [1.54, 1.807) is 0 Å². The zero-order valence-corrected chi connectivity index (χ0v) is 9.47. The molecule has 2 heterocycles. The number of halogens is 2. The molecule has 2 rings (SSSR count). The standard InChI is InChI=1S/C7H4BrClN4O2/c8-5-3-4(7(14)15)12(11-5)13-6(9)1-2-10-13/h1-3H,(H,14,15). The monoisotopic (exact) mass is 290 g/mol. The minimum atomic E-state index is -1.11. The van der Waals surface area contributed by atoms with Gasteiger partial charge in [0.25, 0.3) is 0 Å². The van der Waals surface area contributed by atoms with Gasteiger partial charge < -0.3 is 5.11 Å². The zero-order chi connectivity index (χ0) is 11.0. The van der Waals surface area contributed by atoms with Gasteiger partial charge in [-0.15, -0.1) is 14.7 Å². The van der Waals surface area contributed by atoms with Crippen molar-refractivity contribution in [2.75, 3.05) is 0 Å². The first kappa shape index (κ1) is 10.2. The van der Waals surface area contributed by atoms with E-state index in [0.29, 0.717) is 4.60 Å². The van der Waals surface area contributed by atoms with E-state index in [9.17, 15) is 4.79 Å². The lowest BCUT2D eigenvalue weighted by Crippen LogP contribution is -2.18. The van der Waals surface area contributed by atoms with E-state index in [4.69, 9.17) is 16.7 Å². The summed E-state index contributed by atoms with van der Waals surface area (Å²) in [6.45, 7) is 0. The Balaban J connectivity index is 2.62. The Kier molecular flexibility index (Phi) is 2.49. The van der Waals surface area contributed by atoms with Crippen LogP contribution in [0.15, 0.2) is 22.9 Å². The largest absolute Gasteiger partial charge is 0.476 e. The molecule has 0 radical (unpaired) electrons. The van der Waals surface area contributed by atoms with Crippen LogP contribution in [0.1, 0.15) is 10.5 Å². The lowest BCUT2D eigenvalue weighted by atomic mass is 10.4. The SMILES string of the molecule is O=C(O)c1cc(Br)nn1-n1nccc1Cl. The normalized spacial score (nSPS) is 10.5. The molecule has 0 saturated heterocycles. The van der Waals surface area contributed by atoms with Gasteiger partial charge in [0, 0.05) is 6.07 Å². The van der Waals surface area contributed by atoms with Crippen LogP contribution in [-0.2, 0) is 0 Å². The van der Waals surface area contributed by atoms with E-state index >= 15 is 0 Å². The first-order valence-corrected chi connectivity index (χ1v) is 4.96. The van der Waals surface area contributed by atoms with E-state index in [-0.39, 0.29) is 10.8 Å². The summed E-state index contributed by atoms with van der Waals surface area (Å²) in [6, 6.07) is 2.89. The molecule has 0 aliphatic heterocycles. The van der Waals surface area contributed by atoms with Gasteiger partial charge in [-0.25, -0.2) is 4.79 Å². The van der Waals surface area contributed by atoms with Crippen LogP contribution in [0.25, 0.3) is 0 Å². The van der Waals surface area contributed by atoms with Crippen molar-refractivity contribution in [3.63, 3.8) is 0 Å². The molecule has 0 amide bonds. The number of carboxylic acids is 1. The van der Waals surface area contributed by atoms with E-state index < -0.39 is 5.97 Å². The lowest BCUT2D eigenvalue weighted by Gasteiger charge is -2.03. The number of hydrogen-bond donors (Lipinski definition) is 1. The summed E-state index contributed by atoms with van der Waals surface area (Å²) in [6.07, 6.45) is 1.45. The highest BCUT2D eigenvalue weighted by atomic mass is 79.9. The van der Waals surface area contributed by atoms with Crippen molar-refractivity contribution < 1.29 is 9.90 Å². The number of carbonyl (C=O) groups is 1. The molecule has 8 heteroatoms. The molecule has 0 aromatic carbocycles. The number of nitrogens with zero attached hydrogens (tertiary/aromatic N) is 4. The van der Waals surface area contributed by atoms with Gasteiger partial charge in [0.05, 0.1) is 6.20 Å². The summed E-state index contributed by atoms with van der Waals surface area (Å²) in [5.74, 6) is -1.11. The minimum Gasteiger partial charge on any atom is -0.476 e. The Morgan fingerprint density at radius 3 is 2.80 bits per heavy atom. The van der Waals surface area contributed by atoms with Gasteiger partial charge in [-0.3, -0.25) is 0 Å². The molecule has 1 N–H and O–H groups in total. The third-order valence-electron chi connectivity index (χ3n) is 1.64. The van der Waals surface area contributed by atoms with Crippen LogP contribution in [0, 0.1) is 0 Å². The van der Waals surface area contributed by atoms with Gasteiger partial charge >= 0.3 is 5.97 Å². The van der Waals surface area contributed by atoms with Crippen LogP contribution in [0.3, 0.4) is 0 Å². The molecule has 2 aromatic rings. The first-order valence-electron chi connectivity index (χ1n) is 3.78. The molecule has 0 atom stereocenters. The Morgan fingerprint density at radius 1 is 1.53 bits per heavy atom. The van der Waals surface area contributed by atoms with Gasteiger partial charge in [-0.1, -0.05) is 11.6 Å². The van der Waals surface area contributed by atoms with Crippen LogP contribution >= 0.6 is 27.5 Å². The van der Waals surface area contributed by atoms with Crippen LogP contribution in [0.2, 0.25) is 5.15 Å². The lowest BCUT2D eigenvalue weighted by molar-refractivity contribution is 0.0680. The summed E-state index contributed by atoms with van der Waals surface area (Å²) in [5, 5.41) is 16.9. The predicted octanol–water partition coefficient (Wildman–Crippen LogP) is 1.51. The second kappa shape index (κ2) is 3.67. The van der Waals surface area contributed by atoms with Gasteiger partial charge in [0.1, 0.15) is 4.60 Å². The van der Waals surface area contributed by atoms with Crippen LogP contribution in [0.4, 0.5) is 0 Å². The van der Waals surface area contributed by atoms with Crippen molar-refractivity contribution in [1.82, 2.24) is 19.8 Å². The Bertz CT molecular complexity index is 521. The van der Waals surface area contributed by atoms with Crippen molar-refractivity contribution in [2.45, 2.75) is 0 Å². The second-order valence-corrected chi connectivity index (χ2v) is 3.79. The summed E-state index contributed by atoms with van der Waals surface area (Å²) < 4.78 is 0.395. The number of hydrogen-bond acceptors (Lipinski definition) is 3. The van der Waals surface area contributed by atoms with E-state index in [1.807, 2.05) is 0 Å². The zero-order valence-electron chi connectivity index (χ0n) is 7.13. The Labute approximate surface area is 97.2 Å². The van der Waals surface area contributed by atoms with Crippen molar-refractivity contribution in [2.24, 2.45) is 0 Å². The average Bonchev–Trinajstić information content (AvgIpc) is 2.71.